The number of carbonyl (C=O) groups excluding carboxylic acids is 1. The van der Waals surface area contributed by atoms with Gasteiger partial charge in [-0.05, 0) is 67.3 Å². The van der Waals surface area contributed by atoms with Gasteiger partial charge in [-0.3, -0.25) is 9.10 Å². The van der Waals surface area contributed by atoms with Gasteiger partial charge in [-0.2, -0.15) is 0 Å². The highest BCUT2D eigenvalue weighted by Crippen LogP contribution is 2.31. The molecule has 0 aliphatic rings. The van der Waals surface area contributed by atoms with Crippen LogP contribution < -0.4 is 9.62 Å². The van der Waals surface area contributed by atoms with Crippen LogP contribution >= 0.6 is 27.3 Å². The topological polar surface area (TPSA) is 66.5 Å². The summed E-state index contributed by atoms with van der Waals surface area (Å²) in [4.78, 5) is 13.2. The Morgan fingerprint density at radius 1 is 1.18 bits per heavy atom. The second kappa shape index (κ2) is 8.23. The van der Waals surface area contributed by atoms with Crippen LogP contribution in [0.2, 0.25) is 0 Å². The standard InChI is InChI=1S/C20H21BrN2O3S2/c1-4-13(2)22-20(24)19-12-14-11-16(7-10-18(14)27-19)23(3)28(25,26)17-8-5-15(21)6-9-17/h5-13H,4H2,1-3H3,(H,22,24)/t13-/m1/s1. The maximum Gasteiger partial charge on any atom is 0.264 e. The Balaban J connectivity index is 1.91. The number of sulfonamides is 1. The highest BCUT2D eigenvalue weighted by molar-refractivity contribution is 9.10. The number of nitrogens with zero attached hydrogens (tertiary/aromatic N) is 1. The fourth-order valence-corrected chi connectivity index (χ4v) is 5.04. The molecule has 0 saturated heterocycles. The van der Waals surface area contributed by atoms with Crippen molar-refractivity contribution in [1.29, 1.82) is 0 Å². The zero-order valence-corrected chi connectivity index (χ0v) is 19.0. The minimum Gasteiger partial charge on any atom is -0.349 e. The van der Waals surface area contributed by atoms with E-state index in [2.05, 4.69) is 21.2 Å². The second-order valence-electron chi connectivity index (χ2n) is 6.54. The fraction of sp³-hybridized carbons (Fsp3) is 0.250. The molecular formula is C20H21BrN2O3S2. The zero-order chi connectivity index (χ0) is 20.5. The van der Waals surface area contributed by atoms with Gasteiger partial charge in [-0.1, -0.05) is 22.9 Å². The van der Waals surface area contributed by atoms with Gasteiger partial charge in [0, 0.05) is 22.3 Å². The third-order valence-corrected chi connectivity index (χ3v) is 7.99. The third-order valence-electron chi connectivity index (χ3n) is 4.55. The highest BCUT2D eigenvalue weighted by Gasteiger charge is 2.22. The van der Waals surface area contributed by atoms with Gasteiger partial charge in [0.05, 0.1) is 15.5 Å². The number of carbonyl (C=O) groups is 1. The molecule has 1 amide bonds. The molecular weight excluding hydrogens is 460 g/mol. The van der Waals surface area contributed by atoms with E-state index >= 15 is 0 Å². The lowest BCUT2D eigenvalue weighted by molar-refractivity contribution is 0.0943. The molecule has 1 heterocycles. The van der Waals surface area contributed by atoms with Crippen molar-refractivity contribution in [2.24, 2.45) is 0 Å². The van der Waals surface area contributed by atoms with Crippen molar-refractivity contribution in [2.45, 2.75) is 31.2 Å². The first-order valence-electron chi connectivity index (χ1n) is 8.81. The number of benzene rings is 2. The summed E-state index contributed by atoms with van der Waals surface area (Å²) in [6.07, 6.45) is 0.861. The first-order valence-corrected chi connectivity index (χ1v) is 11.9. The third kappa shape index (κ3) is 4.24. The maximum atomic E-state index is 12.9. The van der Waals surface area contributed by atoms with Crippen molar-refractivity contribution in [1.82, 2.24) is 5.32 Å². The van der Waals surface area contributed by atoms with E-state index in [1.165, 1.54) is 22.7 Å². The lowest BCUT2D eigenvalue weighted by Gasteiger charge is -2.19. The molecule has 1 N–H and O–H groups in total. The molecule has 0 spiro atoms. The number of amides is 1. The van der Waals surface area contributed by atoms with Gasteiger partial charge in [0.1, 0.15) is 0 Å². The monoisotopic (exact) mass is 480 g/mol. The van der Waals surface area contributed by atoms with E-state index in [1.54, 1.807) is 42.5 Å². The molecule has 0 unspecified atom stereocenters. The predicted molar refractivity (Wildman–Crippen MR) is 119 cm³/mol. The number of hydrogen-bond acceptors (Lipinski definition) is 4. The van der Waals surface area contributed by atoms with Gasteiger partial charge < -0.3 is 5.32 Å². The van der Waals surface area contributed by atoms with Crippen molar-refractivity contribution in [3.05, 3.63) is 57.9 Å². The number of rotatable bonds is 6. The van der Waals surface area contributed by atoms with Gasteiger partial charge in [0.2, 0.25) is 0 Å². The first kappa shape index (κ1) is 20.8. The maximum absolute atomic E-state index is 12.9. The lowest BCUT2D eigenvalue weighted by atomic mass is 10.2. The Bertz CT molecular complexity index is 1110. The molecule has 0 saturated carbocycles. The van der Waals surface area contributed by atoms with Crippen LogP contribution in [0.4, 0.5) is 5.69 Å². The van der Waals surface area contributed by atoms with E-state index in [0.29, 0.717) is 10.6 Å². The van der Waals surface area contributed by atoms with Crippen LogP contribution in [0.15, 0.2) is 57.9 Å². The quantitative estimate of drug-likeness (QED) is 0.538. The van der Waals surface area contributed by atoms with Crippen molar-refractivity contribution in [3.63, 3.8) is 0 Å². The number of hydrogen-bond donors (Lipinski definition) is 1. The Morgan fingerprint density at radius 2 is 1.86 bits per heavy atom. The van der Waals surface area contributed by atoms with Gasteiger partial charge >= 0.3 is 0 Å². The molecule has 5 nitrogen and oxygen atoms in total. The molecule has 28 heavy (non-hydrogen) atoms. The van der Waals surface area contributed by atoms with Gasteiger partial charge in [-0.15, -0.1) is 11.3 Å². The van der Waals surface area contributed by atoms with Crippen LogP contribution in [-0.2, 0) is 10.0 Å². The van der Waals surface area contributed by atoms with Crippen molar-refractivity contribution < 1.29 is 13.2 Å². The van der Waals surface area contributed by atoms with E-state index in [0.717, 1.165) is 21.0 Å². The fourth-order valence-electron chi connectivity index (χ4n) is 2.64. The highest BCUT2D eigenvalue weighted by atomic mass is 79.9. The summed E-state index contributed by atoms with van der Waals surface area (Å²) in [6, 6.07) is 13.8. The summed E-state index contributed by atoms with van der Waals surface area (Å²) in [5.74, 6) is -0.104. The van der Waals surface area contributed by atoms with E-state index in [4.69, 9.17) is 0 Å². The average molecular weight is 481 g/mol. The van der Waals surface area contributed by atoms with E-state index in [9.17, 15) is 13.2 Å². The van der Waals surface area contributed by atoms with Crippen LogP contribution in [0.5, 0.6) is 0 Å². The molecule has 1 aromatic heterocycles. The zero-order valence-electron chi connectivity index (χ0n) is 15.8. The summed E-state index contributed by atoms with van der Waals surface area (Å²) in [5.41, 5.74) is 0.544. The van der Waals surface area contributed by atoms with Gasteiger partial charge in [-0.25, -0.2) is 8.42 Å². The minimum atomic E-state index is -3.67. The summed E-state index contributed by atoms with van der Waals surface area (Å²) in [7, 11) is -2.14. The van der Waals surface area contributed by atoms with Crippen molar-refractivity contribution in [2.75, 3.05) is 11.4 Å². The average Bonchev–Trinajstić information content (AvgIpc) is 3.11. The summed E-state index contributed by atoms with van der Waals surface area (Å²) in [6.45, 7) is 3.98. The molecule has 2 aromatic carbocycles. The number of thiophene rings is 1. The number of fused-ring (bicyclic) bond motifs is 1. The molecule has 0 radical (unpaired) electrons. The second-order valence-corrected chi connectivity index (χ2v) is 10.5. The van der Waals surface area contributed by atoms with E-state index < -0.39 is 10.0 Å². The largest absolute Gasteiger partial charge is 0.349 e. The first-order chi connectivity index (χ1) is 13.2. The Labute approximate surface area is 177 Å². The number of halogens is 1. The SMILES string of the molecule is CC[C@@H](C)NC(=O)c1cc2cc(N(C)S(=O)(=O)c3ccc(Br)cc3)ccc2s1. The van der Waals surface area contributed by atoms with Crippen LogP contribution in [0.3, 0.4) is 0 Å². The van der Waals surface area contributed by atoms with E-state index in [1.807, 2.05) is 19.9 Å². The van der Waals surface area contributed by atoms with Crippen LogP contribution in [0, 0.1) is 0 Å². The number of anilines is 1. The number of nitrogens with one attached hydrogen (secondary N) is 1. The Hall–Kier alpha value is -1.90. The molecule has 8 heteroatoms. The van der Waals surface area contributed by atoms with Crippen molar-refractivity contribution >= 4 is 59.0 Å². The smallest absolute Gasteiger partial charge is 0.264 e. The van der Waals surface area contributed by atoms with Crippen LogP contribution in [-0.4, -0.2) is 27.4 Å². The lowest BCUT2D eigenvalue weighted by Crippen LogP contribution is -2.31. The molecule has 1 atom stereocenters. The summed E-state index contributed by atoms with van der Waals surface area (Å²) >= 11 is 4.71. The molecule has 0 fully saturated rings. The molecule has 0 bridgehead atoms. The van der Waals surface area contributed by atoms with Crippen LogP contribution in [0.25, 0.3) is 10.1 Å². The van der Waals surface area contributed by atoms with E-state index in [-0.39, 0.29) is 16.8 Å². The summed E-state index contributed by atoms with van der Waals surface area (Å²) < 4.78 is 28.8. The molecule has 3 aromatic rings. The molecule has 148 valence electrons. The van der Waals surface area contributed by atoms with Gasteiger partial charge in [0.15, 0.2) is 0 Å². The predicted octanol–water partition coefficient (Wildman–Crippen LogP) is 5.02. The summed E-state index contributed by atoms with van der Waals surface area (Å²) in [5, 5.41) is 3.80. The minimum absolute atomic E-state index is 0.104. The molecule has 0 aliphatic carbocycles. The Morgan fingerprint density at radius 3 is 2.50 bits per heavy atom. The Kier molecular flexibility index (Phi) is 6.12. The van der Waals surface area contributed by atoms with Crippen LogP contribution in [0.1, 0.15) is 29.9 Å². The molecule has 3 rings (SSSR count). The van der Waals surface area contributed by atoms with Gasteiger partial charge in [0.25, 0.3) is 15.9 Å². The molecule has 0 aliphatic heterocycles. The normalized spacial score (nSPS) is 12.7. The van der Waals surface area contributed by atoms with Crippen molar-refractivity contribution in [3.8, 4) is 0 Å².